The molecule has 8 aromatic rings. The van der Waals surface area contributed by atoms with Gasteiger partial charge in [-0.3, -0.25) is 4.57 Å². The van der Waals surface area contributed by atoms with Gasteiger partial charge in [0, 0.05) is 39.4 Å². The number of hydrogen-bond acceptors (Lipinski definition) is 2. The molecule has 2 heterocycles. The Morgan fingerprint density at radius 3 is 1.85 bits per heavy atom. The highest BCUT2D eigenvalue weighted by Gasteiger charge is 2.20. The monoisotopic (exact) mass is 618 g/mol. The van der Waals surface area contributed by atoms with E-state index in [1.54, 1.807) is 0 Å². The standard InChI is InChI=1S/C44H34N4/c45-39-20-10-7-19-36(39)44(46-29-30-13-3-1-4-14-30)48-41-22-12-9-18-35(41)38-28-32(24-26-43(38)48)31-23-25-42-37(27-31)34-17-8-11-21-40(34)47(42)33-15-5-2-6-16-33/h1-28,39,46H,29,45H2/b44-36+. The largest absolute Gasteiger partial charge is 0.367 e. The maximum atomic E-state index is 6.72. The first-order chi connectivity index (χ1) is 23.7. The highest BCUT2D eigenvalue weighted by molar-refractivity contribution is 6.13. The molecule has 4 nitrogen and oxygen atoms in total. The number of benzene rings is 6. The summed E-state index contributed by atoms with van der Waals surface area (Å²) in [5.41, 5.74) is 17.2. The molecule has 9 rings (SSSR count). The lowest BCUT2D eigenvalue weighted by Gasteiger charge is -2.22. The Kier molecular flexibility index (Phi) is 6.81. The van der Waals surface area contributed by atoms with Gasteiger partial charge in [-0.2, -0.15) is 0 Å². The highest BCUT2D eigenvalue weighted by Crippen LogP contribution is 2.38. The van der Waals surface area contributed by atoms with Gasteiger partial charge in [0.2, 0.25) is 0 Å². The summed E-state index contributed by atoms with van der Waals surface area (Å²) in [7, 11) is 0. The van der Waals surface area contributed by atoms with Crippen LogP contribution in [0.15, 0.2) is 175 Å². The first-order valence-electron chi connectivity index (χ1n) is 16.5. The minimum absolute atomic E-state index is 0.214. The number of fused-ring (bicyclic) bond motifs is 6. The SMILES string of the molecule is NC1C=CC=C/C1=C(/NCc1ccccc1)n1c2ccccc2c2cc(-c3ccc4c(c3)c3ccccc3n4-c3ccccc3)ccc21. The molecule has 0 saturated heterocycles. The molecule has 4 heteroatoms. The first kappa shape index (κ1) is 28.1. The van der Waals surface area contributed by atoms with Crippen LogP contribution >= 0.6 is 0 Å². The van der Waals surface area contributed by atoms with Crippen molar-refractivity contribution in [3.8, 4) is 16.8 Å². The third-order valence-electron chi connectivity index (χ3n) is 9.56. The van der Waals surface area contributed by atoms with Crippen LogP contribution in [0.25, 0.3) is 66.2 Å². The molecule has 0 saturated carbocycles. The van der Waals surface area contributed by atoms with Crippen LogP contribution in [0.5, 0.6) is 0 Å². The van der Waals surface area contributed by atoms with Crippen molar-refractivity contribution in [3.63, 3.8) is 0 Å². The van der Waals surface area contributed by atoms with Gasteiger partial charge in [0.25, 0.3) is 0 Å². The van der Waals surface area contributed by atoms with Crippen molar-refractivity contribution in [1.29, 1.82) is 0 Å². The Morgan fingerprint density at radius 1 is 0.562 bits per heavy atom. The molecule has 3 N–H and O–H groups in total. The van der Waals surface area contributed by atoms with Gasteiger partial charge < -0.3 is 15.6 Å². The zero-order valence-corrected chi connectivity index (χ0v) is 26.4. The molecule has 1 aliphatic rings. The van der Waals surface area contributed by atoms with E-state index in [1.165, 1.54) is 55.0 Å². The molecule has 0 radical (unpaired) electrons. The molecule has 0 aliphatic heterocycles. The van der Waals surface area contributed by atoms with Crippen molar-refractivity contribution in [3.05, 3.63) is 181 Å². The summed E-state index contributed by atoms with van der Waals surface area (Å²) in [5, 5.41) is 8.71. The van der Waals surface area contributed by atoms with Gasteiger partial charge in [-0.15, -0.1) is 0 Å². The number of hydrogen-bond donors (Lipinski definition) is 2. The average Bonchev–Trinajstić information content (AvgIpc) is 3.65. The molecule has 48 heavy (non-hydrogen) atoms. The van der Waals surface area contributed by atoms with Gasteiger partial charge in [-0.1, -0.05) is 121 Å². The van der Waals surface area contributed by atoms with Gasteiger partial charge in [0.05, 0.1) is 28.1 Å². The van der Waals surface area contributed by atoms with Crippen LogP contribution in [0.4, 0.5) is 0 Å². The fourth-order valence-electron chi connectivity index (χ4n) is 7.29. The summed E-state index contributed by atoms with van der Waals surface area (Å²) in [6, 6.07) is 52.0. The summed E-state index contributed by atoms with van der Waals surface area (Å²) in [6.07, 6.45) is 8.28. The van der Waals surface area contributed by atoms with Crippen LogP contribution in [0.3, 0.4) is 0 Å². The Balaban J connectivity index is 1.22. The Hall–Kier alpha value is -6.10. The third-order valence-corrected chi connectivity index (χ3v) is 9.56. The van der Waals surface area contributed by atoms with E-state index in [0.29, 0.717) is 6.54 Å². The predicted molar refractivity (Wildman–Crippen MR) is 202 cm³/mol. The number of rotatable bonds is 6. The zero-order chi connectivity index (χ0) is 32.0. The van der Waals surface area contributed by atoms with Crippen LogP contribution in [0.1, 0.15) is 5.56 Å². The van der Waals surface area contributed by atoms with E-state index in [9.17, 15) is 0 Å². The second kappa shape index (κ2) is 11.6. The highest BCUT2D eigenvalue weighted by atomic mass is 15.1. The maximum absolute atomic E-state index is 6.72. The van der Waals surface area contributed by atoms with Gasteiger partial charge in [0.1, 0.15) is 5.82 Å². The second-order valence-electron chi connectivity index (χ2n) is 12.4. The lowest BCUT2D eigenvalue weighted by molar-refractivity contribution is 0.820. The molecule has 0 spiro atoms. The lowest BCUT2D eigenvalue weighted by Crippen LogP contribution is -2.27. The molecule has 2 aromatic heterocycles. The molecule has 1 atom stereocenters. The number of nitrogens with one attached hydrogen (secondary N) is 1. The van der Waals surface area contributed by atoms with Crippen LogP contribution in [-0.2, 0) is 6.54 Å². The predicted octanol–water partition coefficient (Wildman–Crippen LogP) is 9.97. The summed E-state index contributed by atoms with van der Waals surface area (Å²) in [5.74, 6) is 1.00. The summed E-state index contributed by atoms with van der Waals surface area (Å²) in [6.45, 7) is 0.687. The van der Waals surface area contributed by atoms with Crippen molar-refractivity contribution in [2.24, 2.45) is 5.73 Å². The van der Waals surface area contributed by atoms with Crippen molar-refractivity contribution >= 4 is 49.4 Å². The topological polar surface area (TPSA) is 47.9 Å². The van der Waals surface area contributed by atoms with Crippen molar-refractivity contribution in [2.75, 3.05) is 0 Å². The van der Waals surface area contributed by atoms with Gasteiger partial charge in [-0.05, 0) is 65.2 Å². The second-order valence-corrected chi connectivity index (χ2v) is 12.4. The molecule has 6 aromatic carbocycles. The van der Waals surface area contributed by atoms with E-state index < -0.39 is 0 Å². The van der Waals surface area contributed by atoms with E-state index in [2.05, 4.69) is 178 Å². The quantitative estimate of drug-likeness (QED) is 0.195. The van der Waals surface area contributed by atoms with Crippen molar-refractivity contribution in [1.82, 2.24) is 14.5 Å². The number of aromatic nitrogens is 2. The summed E-state index contributed by atoms with van der Waals surface area (Å²) in [4.78, 5) is 0. The fourth-order valence-corrected chi connectivity index (χ4v) is 7.29. The molecular weight excluding hydrogens is 585 g/mol. The molecule has 0 fully saturated rings. The fraction of sp³-hybridized carbons (Fsp3) is 0.0455. The van der Waals surface area contributed by atoms with Crippen LogP contribution in [0.2, 0.25) is 0 Å². The van der Waals surface area contributed by atoms with Crippen molar-refractivity contribution < 1.29 is 0 Å². The Bertz CT molecular complexity index is 2560. The minimum Gasteiger partial charge on any atom is -0.367 e. The van der Waals surface area contributed by atoms with Gasteiger partial charge in [-0.25, -0.2) is 0 Å². The molecule has 1 aliphatic carbocycles. The van der Waals surface area contributed by atoms with Crippen LogP contribution in [0, 0.1) is 0 Å². The normalized spacial score (nSPS) is 15.6. The number of allylic oxidation sites excluding steroid dienone is 2. The Labute approximate surface area is 279 Å². The Morgan fingerprint density at radius 2 is 1.12 bits per heavy atom. The van der Waals surface area contributed by atoms with E-state index in [4.69, 9.17) is 5.73 Å². The minimum atomic E-state index is -0.214. The molecule has 0 bridgehead atoms. The molecular formula is C44H34N4. The first-order valence-corrected chi connectivity index (χ1v) is 16.5. The van der Waals surface area contributed by atoms with E-state index >= 15 is 0 Å². The number of nitrogens with zero attached hydrogens (tertiary/aromatic N) is 2. The summed E-state index contributed by atoms with van der Waals surface area (Å²) < 4.78 is 4.72. The van der Waals surface area contributed by atoms with Crippen molar-refractivity contribution in [2.45, 2.75) is 12.6 Å². The molecule has 0 amide bonds. The lowest BCUT2D eigenvalue weighted by atomic mass is 10.0. The average molecular weight is 619 g/mol. The van der Waals surface area contributed by atoms with E-state index in [1.807, 2.05) is 6.08 Å². The van der Waals surface area contributed by atoms with E-state index in [-0.39, 0.29) is 6.04 Å². The smallest absolute Gasteiger partial charge is 0.116 e. The molecule has 230 valence electrons. The number of nitrogens with two attached hydrogens (primary N) is 1. The number of para-hydroxylation sites is 3. The van der Waals surface area contributed by atoms with Gasteiger partial charge in [0.15, 0.2) is 0 Å². The third kappa shape index (κ3) is 4.65. The van der Waals surface area contributed by atoms with Gasteiger partial charge >= 0.3 is 0 Å². The maximum Gasteiger partial charge on any atom is 0.116 e. The van der Waals surface area contributed by atoms with Crippen LogP contribution in [-0.4, -0.2) is 15.2 Å². The zero-order valence-electron chi connectivity index (χ0n) is 26.4. The molecule has 1 unspecified atom stereocenters. The van der Waals surface area contributed by atoms with E-state index in [0.717, 1.165) is 22.4 Å². The summed E-state index contributed by atoms with van der Waals surface area (Å²) >= 11 is 0. The van der Waals surface area contributed by atoms with Crippen LogP contribution < -0.4 is 11.1 Å².